The normalized spacial score (nSPS) is 9.29. The van der Waals surface area contributed by atoms with Crippen LogP contribution in [0.1, 0.15) is 5.56 Å². The van der Waals surface area contributed by atoms with E-state index in [1.807, 2.05) is 0 Å². The summed E-state index contributed by atoms with van der Waals surface area (Å²) in [6.07, 6.45) is 3.08. The molecule has 0 spiro atoms. The van der Waals surface area contributed by atoms with Gasteiger partial charge in [-0.25, -0.2) is 4.79 Å². The Morgan fingerprint density at radius 3 is 2.71 bits per heavy atom. The average Bonchev–Trinajstić information content (AvgIpc) is 2.27. The third kappa shape index (κ3) is 2.10. The van der Waals surface area contributed by atoms with Crippen LogP contribution in [0.2, 0.25) is 0 Å². The van der Waals surface area contributed by atoms with E-state index in [0.29, 0.717) is 11.3 Å². The zero-order valence-corrected chi connectivity index (χ0v) is 8.11. The third-order valence-corrected chi connectivity index (χ3v) is 1.73. The molecule has 1 heterocycles. The molecule has 0 bridgehead atoms. The largest absolute Gasteiger partial charge is 0.495 e. The number of methoxy groups -OCH3 is 2. The van der Waals surface area contributed by atoms with Crippen LogP contribution in [0.3, 0.4) is 0 Å². The summed E-state index contributed by atoms with van der Waals surface area (Å²) in [5, 5.41) is 0. The van der Waals surface area contributed by atoms with Crippen molar-refractivity contribution in [2.45, 2.75) is 0 Å². The van der Waals surface area contributed by atoms with Gasteiger partial charge in [0.2, 0.25) is 0 Å². The third-order valence-electron chi connectivity index (χ3n) is 1.73. The summed E-state index contributed by atoms with van der Waals surface area (Å²) < 4.78 is 9.50. The number of ether oxygens (including phenoxy) is 2. The predicted octanol–water partition coefficient (Wildman–Crippen LogP) is 1.28. The van der Waals surface area contributed by atoms with Gasteiger partial charge < -0.3 is 9.47 Å². The highest BCUT2D eigenvalue weighted by atomic mass is 16.5. The van der Waals surface area contributed by atoms with Crippen LogP contribution in [-0.2, 0) is 9.53 Å². The number of carbonyl (C=O) groups excluding carboxylic acids is 1. The summed E-state index contributed by atoms with van der Waals surface area (Å²) in [5.41, 5.74) is 0.857. The van der Waals surface area contributed by atoms with Crippen molar-refractivity contribution in [2.75, 3.05) is 14.2 Å². The van der Waals surface area contributed by atoms with E-state index in [4.69, 9.17) is 4.74 Å². The molecule has 0 atom stereocenters. The SMILES string of the molecule is C=C(C(=O)OC)c1cncc(OC)c1. The quantitative estimate of drug-likeness (QED) is 0.536. The highest BCUT2D eigenvalue weighted by Gasteiger charge is 2.10. The van der Waals surface area contributed by atoms with Gasteiger partial charge >= 0.3 is 5.97 Å². The second kappa shape index (κ2) is 4.41. The van der Waals surface area contributed by atoms with Crippen molar-refractivity contribution in [1.82, 2.24) is 4.98 Å². The lowest BCUT2D eigenvalue weighted by molar-refractivity contribution is -0.133. The zero-order chi connectivity index (χ0) is 10.6. The molecule has 0 N–H and O–H groups in total. The van der Waals surface area contributed by atoms with Crippen LogP contribution in [0.4, 0.5) is 0 Å². The highest BCUT2D eigenvalue weighted by molar-refractivity contribution is 6.15. The monoisotopic (exact) mass is 193 g/mol. The maximum atomic E-state index is 11.1. The van der Waals surface area contributed by atoms with Crippen LogP contribution in [0.15, 0.2) is 25.0 Å². The number of esters is 1. The van der Waals surface area contributed by atoms with E-state index in [-0.39, 0.29) is 5.57 Å². The minimum absolute atomic E-state index is 0.263. The lowest BCUT2D eigenvalue weighted by Crippen LogP contribution is -2.03. The standard InChI is InChI=1S/C10H11NO3/c1-7(10(12)14-3)8-4-9(13-2)6-11-5-8/h4-6H,1H2,2-3H3. The van der Waals surface area contributed by atoms with Crippen molar-refractivity contribution >= 4 is 11.5 Å². The minimum atomic E-state index is -0.472. The summed E-state index contributed by atoms with van der Waals surface area (Å²) >= 11 is 0. The maximum Gasteiger partial charge on any atom is 0.337 e. The lowest BCUT2D eigenvalue weighted by atomic mass is 10.1. The molecule has 0 aromatic carbocycles. The maximum absolute atomic E-state index is 11.1. The number of hydrogen-bond donors (Lipinski definition) is 0. The van der Waals surface area contributed by atoms with E-state index in [1.54, 1.807) is 12.3 Å². The van der Waals surface area contributed by atoms with Gasteiger partial charge in [-0.2, -0.15) is 0 Å². The summed E-state index contributed by atoms with van der Waals surface area (Å²) in [6.45, 7) is 3.60. The Morgan fingerprint density at radius 2 is 2.14 bits per heavy atom. The Morgan fingerprint density at radius 1 is 1.43 bits per heavy atom. The minimum Gasteiger partial charge on any atom is -0.495 e. The Labute approximate surface area is 82.2 Å². The topological polar surface area (TPSA) is 48.4 Å². The molecule has 0 aliphatic carbocycles. The van der Waals surface area contributed by atoms with Crippen molar-refractivity contribution in [3.8, 4) is 5.75 Å². The molecule has 1 aromatic heterocycles. The van der Waals surface area contributed by atoms with Gasteiger partial charge in [-0.1, -0.05) is 6.58 Å². The molecule has 0 amide bonds. The van der Waals surface area contributed by atoms with Gasteiger partial charge in [-0.05, 0) is 6.07 Å². The molecule has 0 unspecified atom stereocenters. The molecule has 0 saturated carbocycles. The Hall–Kier alpha value is -1.84. The van der Waals surface area contributed by atoms with Crippen molar-refractivity contribution in [3.63, 3.8) is 0 Å². The number of rotatable bonds is 3. The first-order chi connectivity index (χ1) is 6.69. The molecular weight excluding hydrogens is 182 g/mol. The van der Waals surface area contributed by atoms with E-state index >= 15 is 0 Å². The van der Waals surface area contributed by atoms with Crippen LogP contribution < -0.4 is 4.74 Å². The van der Waals surface area contributed by atoms with Crippen molar-refractivity contribution in [1.29, 1.82) is 0 Å². The van der Waals surface area contributed by atoms with E-state index < -0.39 is 5.97 Å². The van der Waals surface area contributed by atoms with Gasteiger partial charge in [0.1, 0.15) is 5.75 Å². The molecule has 0 fully saturated rings. The first kappa shape index (κ1) is 10.2. The second-order valence-corrected chi connectivity index (χ2v) is 2.58. The molecule has 0 aliphatic rings. The number of hydrogen-bond acceptors (Lipinski definition) is 4. The molecule has 4 nitrogen and oxygen atoms in total. The van der Waals surface area contributed by atoms with Crippen LogP contribution >= 0.6 is 0 Å². The Balaban J connectivity index is 2.95. The van der Waals surface area contributed by atoms with Gasteiger partial charge in [0.15, 0.2) is 0 Å². The smallest absolute Gasteiger partial charge is 0.337 e. The van der Waals surface area contributed by atoms with Gasteiger partial charge in [-0.3, -0.25) is 4.98 Å². The molecule has 74 valence electrons. The first-order valence-electron chi connectivity index (χ1n) is 3.95. The van der Waals surface area contributed by atoms with Gasteiger partial charge in [0, 0.05) is 11.8 Å². The molecule has 0 saturated heterocycles. The second-order valence-electron chi connectivity index (χ2n) is 2.58. The summed E-state index contributed by atoms with van der Waals surface area (Å²) in [6, 6.07) is 1.67. The van der Waals surface area contributed by atoms with Gasteiger partial charge in [-0.15, -0.1) is 0 Å². The predicted molar refractivity (Wildman–Crippen MR) is 51.8 cm³/mol. The van der Waals surface area contributed by atoms with Crippen molar-refractivity contribution in [2.24, 2.45) is 0 Å². The van der Waals surface area contributed by atoms with Crippen molar-refractivity contribution in [3.05, 3.63) is 30.6 Å². The van der Waals surface area contributed by atoms with Gasteiger partial charge in [0.05, 0.1) is 26.0 Å². The molecule has 0 radical (unpaired) electrons. The fourth-order valence-electron chi connectivity index (χ4n) is 0.937. The van der Waals surface area contributed by atoms with Crippen LogP contribution in [0.5, 0.6) is 5.75 Å². The Kier molecular flexibility index (Phi) is 3.23. The fraction of sp³-hybridized carbons (Fsp3) is 0.200. The molecular formula is C10H11NO3. The number of carbonyl (C=O) groups is 1. The average molecular weight is 193 g/mol. The number of pyridine rings is 1. The number of aromatic nitrogens is 1. The first-order valence-corrected chi connectivity index (χ1v) is 3.95. The van der Waals surface area contributed by atoms with E-state index in [0.717, 1.165) is 0 Å². The van der Waals surface area contributed by atoms with E-state index in [9.17, 15) is 4.79 Å². The molecule has 14 heavy (non-hydrogen) atoms. The van der Waals surface area contributed by atoms with Crippen LogP contribution in [0.25, 0.3) is 5.57 Å². The van der Waals surface area contributed by atoms with E-state index in [1.165, 1.54) is 20.4 Å². The van der Waals surface area contributed by atoms with Gasteiger partial charge in [0.25, 0.3) is 0 Å². The van der Waals surface area contributed by atoms with Crippen molar-refractivity contribution < 1.29 is 14.3 Å². The molecule has 4 heteroatoms. The molecule has 0 aliphatic heterocycles. The summed E-state index contributed by atoms with van der Waals surface area (Å²) in [4.78, 5) is 15.0. The highest BCUT2D eigenvalue weighted by Crippen LogP contribution is 2.17. The fourth-order valence-corrected chi connectivity index (χ4v) is 0.937. The summed E-state index contributed by atoms with van der Waals surface area (Å²) in [7, 11) is 2.84. The van der Waals surface area contributed by atoms with Crippen LogP contribution in [-0.4, -0.2) is 25.2 Å². The zero-order valence-electron chi connectivity index (χ0n) is 8.11. The van der Waals surface area contributed by atoms with Crippen LogP contribution in [0, 0.1) is 0 Å². The Bertz CT molecular complexity index is 360. The lowest BCUT2D eigenvalue weighted by Gasteiger charge is -2.04. The number of nitrogens with zero attached hydrogens (tertiary/aromatic N) is 1. The summed E-state index contributed by atoms with van der Waals surface area (Å²) in [5.74, 6) is 0.104. The van der Waals surface area contributed by atoms with E-state index in [2.05, 4.69) is 16.3 Å². The molecule has 1 aromatic rings. The molecule has 1 rings (SSSR count).